The number of rotatable bonds is 1. The number of H-pyrrole nitrogens is 1. The molecule has 0 unspecified atom stereocenters. The van der Waals surface area contributed by atoms with Crippen LogP contribution in [0, 0.1) is 0 Å². The second-order valence-electron chi connectivity index (χ2n) is 4.80. The highest BCUT2D eigenvalue weighted by molar-refractivity contribution is 5.89. The van der Waals surface area contributed by atoms with Gasteiger partial charge >= 0.3 is 5.69 Å². The van der Waals surface area contributed by atoms with Gasteiger partial charge in [-0.2, -0.15) is 5.10 Å². The predicted molar refractivity (Wildman–Crippen MR) is 78.2 cm³/mol. The van der Waals surface area contributed by atoms with Crippen LogP contribution in [0.5, 0.6) is 0 Å². The van der Waals surface area contributed by atoms with E-state index in [0.717, 1.165) is 27.6 Å². The topological polar surface area (TPSA) is 55.6 Å². The highest BCUT2D eigenvalue weighted by atomic mass is 16.1. The van der Waals surface area contributed by atoms with E-state index in [2.05, 4.69) is 10.1 Å². The Morgan fingerprint density at radius 3 is 2.85 bits per heavy atom. The van der Waals surface area contributed by atoms with Crippen molar-refractivity contribution in [1.82, 2.24) is 19.3 Å². The van der Waals surface area contributed by atoms with Gasteiger partial charge in [-0.15, -0.1) is 0 Å². The van der Waals surface area contributed by atoms with E-state index < -0.39 is 0 Å². The average molecular weight is 264 g/mol. The number of para-hydroxylation sites is 2. The number of fused-ring (bicyclic) bond motifs is 2. The number of aromatic amines is 1. The number of aryl methyl sites for hydroxylation is 1. The molecule has 4 rings (SSSR count). The zero-order valence-corrected chi connectivity index (χ0v) is 10.9. The predicted octanol–water partition coefficient (Wildman–Crippen LogP) is 2.21. The van der Waals surface area contributed by atoms with Crippen LogP contribution in [0.2, 0.25) is 0 Å². The Hall–Kier alpha value is -2.82. The molecule has 5 nitrogen and oxygen atoms in total. The van der Waals surface area contributed by atoms with Gasteiger partial charge in [0.25, 0.3) is 0 Å². The van der Waals surface area contributed by atoms with Gasteiger partial charge in [0, 0.05) is 18.6 Å². The molecule has 0 aliphatic carbocycles. The minimum Gasteiger partial charge on any atom is -0.305 e. The molecule has 2 heterocycles. The third-order valence-electron chi connectivity index (χ3n) is 3.47. The molecule has 0 spiro atoms. The molecule has 0 bridgehead atoms. The lowest BCUT2D eigenvalue weighted by molar-refractivity contribution is 0.779. The SMILES string of the molecule is Cn1cc2c(-n3c(=O)[nH]c4ccccc43)cccc2n1. The minimum absolute atomic E-state index is 0.137. The van der Waals surface area contributed by atoms with Crippen molar-refractivity contribution in [3.63, 3.8) is 0 Å². The van der Waals surface area contributed by atoms with Crippen molar-refractivity contribution in [2.24, 2.45) is 7.05 Å². The standard InChI is InChI=1S/C15H12N4O/c1-18-9-10-11(17-18)6-4-8-13(10)19-14-7-3-2-5-12(14)16-15(19)20/h2-9H,1H3,(H,16,20). The first-order valence-electron chi connectivity index (χ1n) is 6.36. The lowest BCUT2D eigenvalue weighted by Crippen LogP contribution is -2.14. The quantitative estimate of drug-likeness (QED) is 0.573. The highest BCUT2D eigenvalue weighted by Gasteiger charge is 2.12. The van der Waals surface area contributed by atoms with Crippen molar-refractivity contribution in [3.8, 4) is 5.69 Å². The van der Waals surface area contributed by atoms with Gasteiger partial charge in [-0.3, -0.25) is 9.25 Å². The van der Waals surface area contributed by atoms with Crippen LogP contribution in [0.3, 0.4) is 0 Å². The number of nitrogens with one attached hydrogen (secondary N) is 1. The molecule has 0 aliphatic rings. The van der Waals surface area contributed by atoms with Crippen molar-refractivity contribution in [2.75, 3.05) is 0 Å². The van der Waals surface area contributed by atoms with Crippen LogP contribution in [0.4, 0.5) is 0 Å². The number of aromatic nitrogens is 4. The maximum absolute atomic E-state index is 12.3. The van der Waals surface area contributed by atoms with Crippen molar-refractivity contribution in [1.29, 1.82) is 0 Å². The van der Waals surface area contributed by atoms with E-state index in [1.165, 1.54) is 0 Å². The van der Waals surface area contributed by atoms with Crippen LogP contribution < -0.4 is 5.69 Å². The van der Waals surface area contributed by atoms with Gasteiger partial charge in [0.2, 0.25) is 0 Å². The summed E-state index contributed by atoms with van der Waals surface area (Å²) < 4.78 is 3.45. The van der Waals surface area contributed by atoms with Crippen molar-refractivity contribution >= 4 is 21.9 Å². The molecule has 0 saturated carbocycles. The van der Waals surface area contributed by atoms with Gasteiger partial charge in [0.05, 0.1) is 22.2 Å². The summed E-state index contributed by atoms with van der Waals surface area (Å²) in [6, 6.07) is 13.5. The molecule has 0 aliphatic heterocycles. The molecule has 0 saturated heterocycles. The van der Waals surface area contributed by atoms with Gasteiger partial charge in [-0.1, -0.05) is 18.2 Å². The summed E-state index contributed by atoms with van der Waals surface area (Å²) in [5.41, 5.74) is 3.29. The number of imidazole rings is 1. The monoisotopic (exact) mass is 264 g/mol. The number of benzene rings is 2. The molecule has 98 valence electrons. The van der Waals surface area contributed by atoms with Crippen molar-refractivity contribution < 1.29 is 0 Å². The fourth-order valence-electron chi connectivity index (χ4n) is 2.64. The second kappa shape index (κ2) is 3.84. The van der Waals surface area contributed by atoms with Gasteiger partial charge < -0.3 is 4.98 Å². The Bertz CT molecular complexity index is 990. The molecule has 0 fully saturated rings. The van der Waals surface area contributed by atoms with E-state index in [4.69, 9.17) is 0 Å². The van der Waals surface area contributed by atoms with Gasteiger partial charge in [0.1, 0.15) is 0 Å². The third kappa shape index (κ3) is 1.43. The van der Waals surface area contributed by atoms with Gasteiger partial charge in [0.15, 0.2) is 0 Å². The van der Waals surface area contributed by atoms with Crippen LogP contribution >= 0.6 is 0 Å². The first-order chi connectivity index (χ1) is 9.74. The fraction of sp³-hybridized carbons (Fsp3) is 0.0667. The Morgan fingerprint density at radius 2 is 1.95 bits per heavy atom. The average Bonchev–Trinajstić information content (AvgIpc) is 2.96. The zero-order chi connectivity index (χ0) is 13.7. The molecule has 4 aromatic rings. The maximum Gasteiger partial charge on any atom is 0.331 e. The normalized spacial score (nSPS) is 11.4. The molecule has 1 N–H and O–H groups in total. The minimum atomic E-state index is -0.137. The first kappa shape index (κ1) is 11.0. The number of hydrogen-bond acceptors (Lipinski definition) is 2. The third-order valence-corrected chi connectivity index (χ3v) is 3.47. The summed E-state index contributed by atoms with van der Waals surface area (Å²) in [7, 11) is 1.88. The zero-order valence-electron chi connectivity index (χ0n) is 10.9. The van der Waals surface area contributed by atoms with Crippen LogP contribution in [-0.4, -0.2) is 19.3 Å². The van der Waals surface area contributed by atoms with E-state index in [1.807, 2.05) is 55.7 Å². The number of hydrogen-bond donors (Lipinski definition) is 1. The molecule has 2 aromatic heterocycles. The molecule has 5 heteroatoms. The van der Waals surface area contributed by atoms with Crippen LogP contribution in [0.1, 0.15) is 0 Å². The molecule has 2 aromatic carbocycles. The number of nitrogens with zero attached hydrogens (tertiary/aromatic N) is 3. The molecule has 0 radical (unpaired) electrons. The molecule has 0 atom stereocenters. The Morgan fingerprint density at radius 1 is 1.10 bits per heavy atom. The summed E-state index contributed by atoms with van der Waals surface area (Å²) in [5, 5.41) is 5.34. The van der Waals surface area contributed by atoms with E-state index >= 15 is 0 Å². The lowest BCUT2D eigenvalue weighted by Gasteiger charge is -2.04. The molecule has 0 amide bonds. The van der Waals surface area contributed by atoms with E-state index in [1.54, 1.807) is 9.25 Å². The van der Waals surface area contributed by atoms with Crippen LogP contribution in [0.15, 0.2) is 53.5 Å². The Balaban J connectivity index is 2.16. The van der Waals surface area contributed by atoms with Crippen LogP contribution in [0.25, 0.3) is 27.6 Å². The highest BCUT2D eigenvalue weighted by Crippen LogP contribution is 2.23. The smallest absolute Gasteiger partial charge is 0.305 e. The maximum atomic E-state index is 12.3. The fourth-order valence-corrected chi connectivity index (χ4v) is 2.64. The largest absolute Gasteiger partial charge is 0.331 e. The summed E-state index contributed by atoms with van der Waals surface area (Å²) in [6.07, 6.45) is 1.93. The van der Waals surface area contributed by atoms with Gasteiger partial charge in [-0.05, 0) is 24.3 Å². The van der Waals surface area contributed by atoms with E-state index in [-0.39, 0.29) is 5.69 Å². The van der Waals surface area contributed by atoms with Crippen molar-refractivity contribution in [2.45, 2.75) is 0 Å². The van der Waals surface area contributed by atoms with E-state index in [9.17, 15) is 4.79 Å². The van der Waals surface area contributed by atoms with Crippen LogP contribution in [-0.2, 0) is 7.05 Å². The Labute approximate surface area is 114 Å². The summed E-state index contributed by atoms with van der Waals surface area (Å²) >= 11 is 0. The molecular formula is C15H12N4O. The van der Waals surface area contributed by atoms with Gasteiger partial charge in [-0.25, -0.2) is 4.79 Å². The summed E-state index contributed by atoms with van der Waals surface area (Å²) in [6.45, 7) is 0. The molecular weight excluding hydrogens is 252 g/mol. The summed E-state index contributed by atoms with van der Waals surface area (Å²) in [5.74, 6) is 0. The Kier molecular flexibility index (Phi) is 2.12. The summed E-state index contributed by atoms with van der Waals surface area (Å²) in [4.78, 5) is 15.1. The van der Waals surface area contributed by atoms with E-state index in [0.29, 0.717) is 0 Å². The first-order valence-corrected chi connectivity index (χ1v) is 6.36. The molecule has 20 heavy (non-hydrogen) atoms. The lowest BCUT2D eigenvalue weighted by atomic mass is 10.2. The second-order valence-corrected chi connectivity index (χ2v) is 4.80. The van der Waals surface area contributed by atoms with Crippen molar-refractivity contribution in [3.05, 3.63) is 59.1 Å².